The molecule has 0 aliphatic carbocycles. The largest absolute Gasteiger partial charge is 0.462 e. The molecule has 0 bridgehead atoms. The van der Waals surface area contributed by atoms with E-state index in [2.05, 4.69) is 6.92 Å². The Morgan fingerprint density at radius 3 is 2.18 bits per heavy atom. The van der Waals surface area contributed by atoms with Gasteiger partial charge in [-0.15, -0.1) is 0 Å². The van der Waals surface area contributed by atoms with Gasteiger partial charge >= 0.3 is 0 Å². The fourth-order valence-corrected chi connectivity index (χ4v) is 2.28. The Bertz CT molecular complexity index is 409. The highest BCUT2D eigenvalue weighted by atomic mass is 16.6. The molecule has 0 fully saturated rings. The topological polar surface area (TPSA) is 102 Å². The van der Waals surface area contributed by atoms with E-state index in [0.717, 1.165) is 32.1 Å². The molecule has 0 spiro atoms. The number of aliphatic hydroxyl groups is 2. The number of rotatable bonds is 10. The van der Waals surface area contributed by atoms with Crippen molar-refractivity contribution < 1.29 is 14.9 Å². The molecule has 4 unspecified atom stereocenters. The lowest BCUT2D eigenvalue weighted by Crippen LogP contribution is -2.41. The van der Waals surface area contributed by atoms with Crippen LogP contribution in [0.5, 0.6) is 5.75 Å². The van der Waals surface area contributed by atoms with Gasteiger partial charge in [-0.2, -0.15) is 0 Å². The van der Waals surface area contributed by atoms with Gasteiger partial charge in [0.1, 0.15) is 11.9 Å². The Balaban J connectivity index is 2.35. The number of aryl methyl sites for hydroxylation is 1. The summed E-state index contributed by atoms with van der Waals surface area (Å²) < 4.78 is 5.20. The third kappa shape index (κ3) is 6.75. The van der Waals surface area contributed by atoms with Crippen molar-refractivity contribution in [1.29, 1.82) is 0 Å². The number of benzene rings is 1. The summed E-state index contributed by atoms with van der Waals surface area (Å²) in [4.78, 5) is 0. The van der Waals surface area contributed by atoms with E-state index in [-0.39, 0.29) is 12.1 Å². The zero-order valence-electron chi connectivity index (χ0n) is 13.6. The van der Waals surface area contributed by atoms with Gasteiger partial charge in [0, 0.05) is 12.1 Å². The molecular weight excluding hydrogens is 280 g/mol. The van der Waals surface area contributed by atoms with Crippen molar-refractivity contribution in [2.75, 3.05) is 0 Å². The average molecular weight is 310 g/mol. The van der Waals surface area contributed by atoms with Crippen LogP contribution in [0.2, 0.25) is 0 Å². The zero-order valence-corrected chi connectivity index (χ0v) is 13.6. The molecule has 6 N–H and O–H groups in total. The van der Waals surface area contributed by atoms with E-state index in [1.54, 1.807) is 12.1 Å². The van der Waals surface area contributed by atoms with Gasteiger partial charge in [0.15, 0.2) is 0 Å². The van der Waals surface area contributed by atoms with Gasteiger partial charge in [-0.1, -0.05) is 25.5 Å². The highest BCUT2D eigenvalue weighted by Crippen LogP contribution is 2.16. The van der Waals surface area contributed by atoms with Crippen molar-refractivity contribution in [2.45, 2.75) is 70.4 Å². The van der Waals surface area contributed by atoms with E-state index in [1.807, 2.05) is 12.1 Å². The van der Waals surface area contributed by atoms with Gasteiger partial charge in [-0.25, -0.2) is 0 Å². The minimum absolute atomic E-state index is 0.0590. The smallest absolute Gasteiger partial charge is 0.223 e. The first-order chi connectivity index (χ1) is 10.4. The van der Waals surface area contributed by atoms with Crippen LogP contribution in [0.3, 0.4) is 0 Å². The number of aliphatic hydroxyl groups excluding tert-OH is 2. The predicted molar refractivity (Wildman–Crippen MR) is 88.6 cm³/mol. The van der Waals surface area contributed by atoms with Crippen molar-refractivity contribution in [3.8, 4) is 5.75 Å². The van der Waals surface area contributed by atoms with Gasteiger partial charge in [0.25, 0.3) is 0 Å². The van der Waals surface area contributed by atoms with Crippen LogP contribution in [0.4, 0.5) is 0 Å². The summed E-state index contributed by atoms with van der Waals surface area (Å²) in [5.41, 5.74) is 13.3. The van der Waals surface area contributed by atoms with Crippen LogP contribution in [0.25, 0.3) is 0 Å². The Morgan fingerprint density at radius 1 is 1.05 bits per heavy atom. The van der Waals surface area contributed by atoms with Gasteiger partial charge in [-0.05, 0) is 50.3 Å². The summed E-state index contributed by atoms with van der Waals surface area (Å²) >= 11 is 0. The van der Waals surface area contributed by atoms with Crippen molar-refractivity contribution in [3.05, 3.63) is 29.8 Å². The van der Waals surface area contributed by atoms with Crippen molar-refractivity contribution in [1.82, 2.24) is 0 Å². The van der Waals surface area contributed by atoms with Gasteiger partial charge < -0.3 is 26.4 Å². The highest BCUT2D eigenvalue weighted by Gasteiger charge is 2.13. The standard InChI is InChI=1S/C17H30N2O3/c1-3-5-15(18)16(19)7-4-6-13-8-10-14(11-9-13)22-17(21)12(2)20/h8-12,15-17,20-21H,3-7,18-19H2,1-2H3. The Hall–Kier alpha value is -1.14. The molecule has 0 saturated carbocycles. The van der Waals surface area contributed by atoms with E-state index in [0.29, 0.717) is 5.75 Å². The summed E-state index contributed by atoms with van der Waals surface area (Å²) in [6.45, 7) is 3.59. The molecule has 0 heterocycles. The van der Waals surface area contributed by atoms with Crippen LogP contribution >= 0.6 is 0 Å². The fraction of sp³-hybridized carbons (Fsp3) is 0.647. The molecule has 1 aromatic carbocycles. The summed E-state index contributed by atoms with van der Waals surface area (Å²) in [7, 11) is 0. The maximum atomic E-state index is 9.45. The Morgan fingerprint density at radius 2 is 1.64 bits per heavy atom. The van der Waals surface area contributed by atoms with E-state index in [1.165, 1.54) is 12.5 Å². The molecule has 126 valence electrons. The van der Waals surface area contributed by atoms with E-state index in [9.17, 15) is 10.2 Å². The van der Waals surface area contributed by atoms with Crippen LogP contribution in [0.15, 0.2) is 24.3 Å². The molecule has 0 saturated heterocycles. The Labute approximate surface area is 133 Å². The lowest BCUT2D eigenvalue weighted by atomic mass is 9.98. The molecular formula is C17H30N2O3. The summed E-state index contributed by atoms with van der Waals surface area (Å²) in [5.74, 6) is 0.541. The van der Waals surface area contributed by atoms with E-state index >= 15 is 0 Å². The summed E-state index contributed by atoms with van der Waals surface area (Å²) in [6, 6.07) is 7.66. The normalized spacial score (nSPS) is 16.8. The summed E-state index contributed by atoms with van der Waals surface area (Å²) in [6.07, 6.45) is 2.76. The molecule has 0 aromatic heterocycles. The van der Waals surface area contributed by atoms with Crippen molar-refractivity contribution >= 4 is 0 Å². The minimum atomic E-state index is -1.20. The predicted octanol–water partition coefficient (Wildman–Crippen LogP) is 1.54. The number of nitrogens with two attached hydrogens (primary N) is 2. The second-order valence-electron chi connectivity index (χ2n) is 5.90. The summed E-state index contributed by atoms with van der Waals surface area (Å²) in [5, 5.41) is 18.6. The molecule has 1 rings (SSSR count). The molecule has 0 aliphatic rings. The lowest BCUT2D eigenvalue weighted by molar-refractivity contribution is -0.0959. The molecule has 0 aliphatic heterocycles. The fourth-order valence-electron chi connectivity index (χ4n) is 2.28. The van der Waals surface area contributed by atoms with Gasteiger partial charge in [0.2, 0.25) is 6.29 Å². The third-order valence-electron chi connectivity index (χ3n) is 3.77. The molecule has 4 atom stereocenters. The number of hydrogen-bond donors (Lipinski definition) is 4. The molecule has 22 heavy (non-hydrogen) atoms. The van der Waals surface area contributed by atoms with E-state index < -0.39 is 12.4 Å². The monoisotopic (exact) mass is 310 g/mol. The van der Waals surface area contributed by atoms with Crippen molar-refractivity contribution in [3.63, 3.8) is 0 Å². The van der Waals surface area contributed by atoms with Gasteiger partial charge in [0.05, 0.1) is 0 Å². The lowest BCUT2D eigenvalue weighted by Gasteiger charge is -2.19. The SMILES string of the molecule is CCCC(N)C(N)CCCc1ccc(OC(O)C(C)O)cc1. The maximum Gasteiger partial charge on any atom is 0.223 e. The molecule has 5 nitrogen and oxygen atoms in total. The quantitative estimate of drug-likeness (QED) is 0.491. The first kappa shape index (κ1) is 18.9. The van der Waals surface area contributed by atoms with Crippen LogP contribution in [0, 0.1) is 0 Å². The van der Waals surface area contributed by atoms with E-state index in [4.69, 9.17) is 16.2 Å². The second kappa shape index (κ2) is 9.79. The first-order valence-electron chi connectivity index (χ1n) is 8.07. The first-order valence-corrected chi connectivity index (χ1v) is 8.07. The highest BCUT2D eigenvalue weighted by molar-refractivity contribution is 5.27. The van der Waals surface area contributed by atoms with Crippen LogP contribution in [-0.2, 0) is 6.42 Å². The zero-order chi connectivity index (χ0) is 16.5. The number of hydrogen-bond acceptors (Lipinski definition) is 5. The minimum Gasteiger partial charge on any atom is -0.462 e. The number of ether oxygens (including phenoxy) is 1. The van der Waals surface area contributed by atoms with Gasteiger partial charge in [-0.3, -0.25) is 0 Å². The molecule has 0 radical (unpaired) electrons. The van der Waals surface area contributed by atoms with Crippen molar-refractivity contribution in [2.24, 2.45) is 11.5 Å². The third-order valence-corrected chi connectivity index (χ3v) is 3.77. The molecule has 5 heteroatoms. The molecule has 1 aromatic rings. The molecule has 0 amide bonds. The van der Waals surface area contributed by atoms with Crippen LogP contribution in [-0.4, -0.2) is 34.7 Å². The maximum absolute atomic E-state index is 9.45. The average Bonchev–Trinajstić information content (AvgIpc) is 2.49. The Kier molecular flexibility index (Phi) is 8.42. The van der Waals surface area contributed by atoms with Crippen LogP contribution in [0.1, 0.15) is 45.1 Å². The van der Waals surface area contributed by atoms with Crippen LogP contribution < -0.4 is 16.2 Å². The second-order valence-corrected chi connectivity index (χ2v) is 5.90.